The highest BCUT2D eigenvalue weighted by molar-refractivity contribution is 7.16. The van der Waals surface area contributed by atoms with E-state index in [1.54, 1.807) is 23.0 Å². The minimum absolute atomic E-state index is 0.232. The quantitative estimate of drug-likeness (QED) is 0.507. The number of nitrogens with one attached hydrogen (secondary N) is 3. The van der Waals surface area contributed by atoms with Crippen molar-refractivity contribution in [3.63, 3.8) is 0 Å². The number of aromatic nitrogens is 5. The van der Waals surface area contributed by atoms with Crippen molar-refractivity contribution in [3.05, 3.63) is 64.3 Å². The number of fused-ring (bicyclic) bond motifs is 1. The SMILES string of the molecule is O=c1nc(NCc2ccccn2)nc(Nc2ccc3ncsc3c2)[nH]1. The number of rotatable bonds is 5. The summed E-state index contributed by atoms with van der Waals surface area (Å²) in [7, 11) is 0. The van der Waals surface area contributed by atoms with Gasteiger partial charge in [0.2, 0.25) is 11.9 Å². The zero-order valence-corrected chi connectivity index (χ0v) is 13.7. The van der Waals surface area contributed by atoms with Crippen LogP contribution in [0, 0.1) is 0 Å². The standard InChI is InChI=1S/C16H13N7OS/c24-16-22-14(18-8-11-3-1-2-6-17-11)21-15(23-16)20-10-4-5-12-13(7-10)25-9-19-12/h1-7,9H,8H2,(H3,18,20,21,22,23,24). The topological polar surface area (TPSA) is 108 Å². The molecule has 0 unspecified atom stereocenters. The first-order chi connectivity index (χ1) is 12.3. The van der Waals surface area contributed by atoms with E-state index < -0.39 is 5.69 Å². The van der Waals surface area contributed by atoms with Crippen molar-refractivity contribution in [1.29, 1.82) is 0 Å². The van der Waals surface area contributed by atoms with Crippen LogP contribution in [0.1, 0.15) is 5.69 Å². The zero-order valence-electron chi connectivity index (χ0n) is 12.9. The zero-order chi connectivity index (χ0) is 17.1. The molecule has 0 spiro atoms. The van der Waals surface area contributed by atoms with Crippen LogP contribution < -0.4 is 16.3 Å². The highest BCUT2D eigenvalue weighted by Crippen LogP contribution is 2.23. The lowest BCUT2D eigenvalue weighted by atomic mass is 10.3. The summed E-state index contributed by atoms with van der Waals surface area (Å²) >= 11 is 1.55. The van der Waals surface area contributed by atoms with E-state index in [0.717, 1.165) is 21.6 Å². The van der Waals surface area contributed by atoms with Gasteiger partial charge in [0.05, 0.1) is 28.0 Å². The van der Waals surface area contributed by atoms with Gasteiger partial charge >= 0.3 is 5.69 Å². The molecular formula is C16H13N7OS. The largest absolute Gasteiger partial charge is 0.351 e. The fourth-order valence-electron chi connectivity index (χ4n) is 2.26. The molecule has 0 radical (unpaired) electrons. The van der Waals surface area contributed by atoms with Gasteiger partial charge in [-0.25, -0.2) is 9.78 Å². The Labute approximate surface area is 146 Å². The molecule has 1 aromatic carbocycles. The molecule has 3 heterocycles. The van der Waals surface area contributed by atoms with E-state index in [1.165, 1.54) is 0 Å². The Morgan fingerprint density at radius 2 is 2.08 bits per heavy atom. The minimum atomic E-state index is -0.486. The number of H-pyrrole nitrogens is 1. The maximum absolute atomic E-state index is 11.8. The van der Waals surface area contributed by atoms with E-state index in [0.29, 0.717) is 12.5 Å². The van der Waals surface area contributed by atoms with Crippen LogP contribution in [0.3, 0.4) is 0 Å². The smallest absolute Gasteiger partial charge is 0.348 e. The molecule has 0 saturated heterocycles. The van der Waals surface area contributed by atoms with E-state index in [2.05, 4.69) is 35.6 Å². The first-order valence-electron chi connectivity index (χ1n) is 7.49. The Bertz CT molecular complexity index is 1060. The molecule has 4 aromatic rings. The van der Waals surface area contributed by atoms with Crippen molar-refractivity contribution >= 4 is 39.1 Å². The van der Waals surface area contributed by atoms with Gasteiger partial charge in [-0.05, 0) is 30.3 Å². The molecule has 0 fully saturated rings. The van der Waals surface area contributed by atoms with E-state index >= 15 is 0 Å². The number of hydrogen-bond acceptors (Lipinski definition) is 8. The van der Waals surface area contributed by atoms with Crippen molar-refractivity contribution < 1.29 is 0 Å². The van der Waals surface area contributed by atoms with Crippen molar-refractivity contribution in [3.8, 4) is 0 Å². The average Bonchev–Trinajstić information content (AvgIpc) is 3.08. The van der Waals surface area contributed by atoms with Gasteiger partial charge in [0.15, 0.2) is 0 Å². The van der Waals surface area contributed by atoms with Crippen LogP contribution in [-0.4, -0.2) is 24.9 Å². The van der Waals surface area contributed by atoms with Crippen LogP contribution in [0.4, 0.5) is 17.6 Å². The monoisotopic (exact) mass is 351 g/mol. The summed E-state index contributed by atoms with van der Waals surface area (Å²) in [5.74, 6) is 0.545. The van der Waals surface area contributed by atoms with Crippen molar-refractivity contribution in [2.24, 2.45) is 0 Å². The number of hydrogen-bond donors (Lipinski definition) is 3. The number of anilines is 3. The second kappa shape index (κ2) is 6.65. The molecular weight excluding hydrogens is 338 g/mol. The molecule has 0 bridgehead atoms. The third kappa shape index (κ3) is 3.61. The van der Waals surface area contributed by atoms with Gasteiger partial charge in [-0.3, -0.25) is 9.97 Å². The molecule has 0 amide bonds. The second-order valence-corrected chi connectivity index (χ2v) is 6.05. The van der Waals surface area contributed by atoms with Gasteiger partial charge in [0.1, 0.15) is 0 Å². The second-order valence-electron chi connectivity index (χ2n) is 5.16. The first kappa shape index (κ1) is 15.2. The molecule has 25 heavy (non-hydrogen) atoms. The number of thiazole rings is 1. The summed E-state index contributed by atoms with van der Waals surface area (Å²) in [4.78, 5) is 30.9. The van der Waals surface area contributed by atoms with Gasteiger partial charge in [-0.15, -0.1) is 11.3 Å². The van der Waals surface area contributed by atoms with Crippen LogP contribution in [0.5, 0.6) is 0 Å². The van der Waals surface area contributed by atoms with E-state index in [1.807, 2.05) is 36.4 Å². The maximum Gasteiger partial charge on any atom is 0.351 e. The fourth-order valence-corrected chi connectivity index (χ4v) is 2.98. The van der Waals surface area contributed by atoms with Gasteiger partial charge in [-0.1, -0.05) is 6.07 Å². The number of nitrogens with zero attached hydrogens (tertiary/aromatic N) is 4. The third-order valence-corrected chi connectivity index (χ3v) is 4.19. The molecule has 0 aliphatic carbocycles. The van der Waals surface area contributed by atoms with Crippen LogP contribution >= 0.6 is 11.3 Å². The summed E-state index contributed by atoms with van der Waals surface area (Å²) in [6.07, 6.45) is 1.71. The Morgan fingerprint density at radius 1 is 1.12 bits per heavy atom. The lowest BCUT2D eigenvalue weighted by molar-refractivity contribution is 0.950. The maximum atomic E-state index is 11.8. The van der Waals surface area contributed by atoms with Crippen LogP contribution in [0.25, 0.3) is 10.2 Å². The van der Waals surface area contributed by atoms with Crippen LogP contribution in [0.15, 0.2) is 52.9 Å². The fraction of sp³-hybridized carbons (Fsp3) is 0.0625. The predicted octanol–water partition coefficient (Wildman–Crippen LogP) is 2.53. The number of benzene rings is 1. The summed E-state index contributed by atoms with van der Waals surface area (Å²) in [5.41, 5.74) is 3.88. The normalized spacial score (nSPS) is 10.7. The summed E-state index contributed by atoms with van der Waals surface area (Å²) in [6.45, 7) is 0.427. The summed E-state index contributed by atoms with van der Waals surface area (Å²) in [6, 6.07) is 11.4. The summed E-state index contributed by atoms with van der Waals surface area (Å²) < 4.78 is 1.05. The summed E-state index contributed by atoms with van der Waals surface area (Å²) in [5, 5.41) is 6.08. The van der Waals surface area contributed by atoms with Crippen LogP contribution in [-0.2, 0) is 6.54 Å². The van der Waals surface area contributed by atoms with Gasteiger partial charge in [-0.2, -0.15) is 9.97 Å². The highest BCUT2D eigenvalue weighted by atomic mass is 32.1. The van der Waals surface area contributed by atoms with Crippen molar-refractivity contribution in [2.75, 3.05) is 10.6 Å². The lowest BCUT2D eigenvalue weighted by Crippen LogP contribution is -2.18. The van der Waals surface area contributed by atoms with Crippen molar-refractivity contribution in [2.45, 2.75) is 6.54 Å². The minimum Gasteiger partial charge on any atom is -0.348 e. The average molecular weight is 351 g/mol. The highest BCUT2D eigenvalue weighted by Gasteiger charge is 2.05. The van der Waals surface area contributed by atoms with E-state index in [4.69, 9.17) is 0 Å². The molecule has 8 nitrogen and oxygen atoms in total. The molecule has 3 aromatic heterocycles. The molecule has 0 saturated carbocycles. The Kier molecular flexibility index (Phi) is 4.05. The molecule has 4 rings (SSSR count). The molecule has 124 valence electrons. The Morgan fingerprint density at radius 3 is 2.96 bits per heavy atom. The number of pyridine rings is 1. The Balaban J connectivity index is 1.53. The molecule has 3 N–H and O–H groups in total. The predicted molar refractivity (Wildman–Crippen MR) is 97.1 cm³/mol. The lowest BCUT2D eigenvalue weighted by Gasteiger charge is -2.08. The Hall–Kier alpha value is -3.33. The molecule has 9 heteroatoms. The first-order valence-corrected chi connectivity index (χ1v) is 8.37. The van der Waals surface area contributed by atoms with Crippen molar-refractivity contribution in [1.82, 2.24) is 24.9 Å². The van der Waals surface area contributed by atoms with Gasteiger partial charge < -0.3 is 10.6 Å². The number of aromatic amines is 1. The van der Waals surface area contributed by atoms with E-state index in [9.17, 15) is 4.79 Å². The molecule has 0 aliphatic rings. The van der Waals surface area contributed by atoms with Gasteiger partial charge in [0.25, 0.3) is 0 Å². The van der Waals surface area contributed by atoms with E-state index in [-0.39, 0.29) is 5.95 Å². The molecule has 0 atom stereocenters. The third-order valence-electron chi connectivity index (χ3n) is 3.40. The molecule has 0 aliphatic heterocycles. The van der Waals surface area contributed by atoms with Gasteiger partial charge in [0, 0.05) is 11.9 Å². The van der Waals surface area contributed by atoms with Crippen LogP contribution in [0.2, 0.25) is 0 Å².